The molecule has 1 amide bonds. The third-order valence-electron chi connectivity index (χ3n) is 5.34. The number of benzene rings is 2. The number of aromatic nitrogens is 2. The largest absolute Gasteiger partial charge is 0.483 e. The summed E-state index contributed by atoms with van der Waals surface area (Å²) in [5, 5.41) is 3.05. The molecule has 2 atom stereocenters. The number of para-hydroxylation sites is 2. The van der Waals surface area contributed by atoms with Crippen LogP contribution in [0.15, 0.2) is 42.5 Å². The molecule has 0 aliphatic heterocycles. The van der Waals surface area contributed by atoms with Crippen molar-refractivity contribution in [2.75, 3.05) is 6.61 Å². The Morgan fingerprint density at radius 2 is 1.93 bits per heavy atom. The maximum atomic E-state index is 12.5. The quantitative estimate of drug-likeness (QED) is 0.589. The zero-order valence-corrected chi connectivity index (χ0v) is 18.0. The van der Waals surface area contributed by atoms with E-state index in [9.17, 15) is 4.79 Å². The lowest BCUT2D eigenvalue weighted by molar-refractivity contribution is -0.123. The van der Waals surface area contributed by atoms with E-state index in [1.807, 2.05) is 57.2 Å². The zero-order valence-electron chi connectivity index (χ0n) is 18.0. The van der Waals surface area contributed by atoms with Crippen molar-refractivity contribution < 1.29 is 9.53 Å². The molecular weight excluding hydrogens is 362 g/mol. The lowest BCUT2D eigenvalue weighted by atomic mass is 10.1. The summed E-state index contributed by atoms with van der Waals surface area (Å²) in [5.41, 5.74) is 4.19. The fraction of sp³-hybridized carbons (Fsp3) is 0.417. The van der Waals surface area contributed by atoms with E-state index >= 15 is 0 Å². The van der Waals surface area contributed by atoms with E-state index in [2.05, 4.69) is 29.8 Å². The standard InChI is InChI=1S/C24H31N3O2/c1-6-16(2)14-27-21-10-8-7-9-20(21)26-24(27)19(5)25-23(28)15-29-22-13-17(3)11-12-18(22)4/h7-13,16,19H,6,14-15H2,1-5H3,(H,25,28). The highest BCUT2D eigenvalue weighted by molar-refractivity contribution is 5.79. The molecule has 1 aromatic heterocycles. The van der Waals surface area contributed by atoms with Gasteiger partial charge in [-0.3, -0.25) is 4.79 Å². The number of carbonyl (C=O) groups is 1. The van der Waals surface area contributed by atoms with Crippen LogP contribution in [0.1, 0.15) is 50.2 Å². The SMILES string of the molecule is CCC(C)Cn1c(C(C)NC(=O)COc2cc(C)ccc2C)nc2ccccc21. The summed E-state index contributed by atoms with van der Waals surface area (Å²) >= 11 is 0. The molecule has 0 fully saturated rings. The number of imidazole rings is 1. The van der Waals surface area contributed by atoms with Gasteiger partial charge in [-0.15, -0.1) is 0 Å². The maximum Gasteiger partial charge on any atom is 0.258 e. The molecule has 1 N–H and O–H groups in total. The molecule has 1 heterocycles. The van der Waals surface area contributed by atoms with Crippen LogP contribution in [0.4, 0.5) is 0 Å². The van der Waals surface area contributed by atoms with E-state index in [1.165, 1.54) is 0 Å². The summed E-state index contributed by atoms with van der Waals surface area (Å²) in [6, 6.07) is 13.9. The van der Waals surface area contributed by atoms with Crippen molar-refractivity contribution in [1.29, 1.82) is 0 Å². The predicted molar refractivity (Wildman–Crippen MR) is 117 cm³/mol. The summed E-state index contributed by atoms with van der Waals surface area (Å²) in [6.45, 7) is 11.3. The second-order valence-electron chi connectivity index (χ2n) is 7.93. The van der Waals surface area contributed by atoms with Gasteiger partial charge in [0, 0.05) is 6.54 Å². The van der Waals surface area contributed by atoms with E-state index in [-0.39, 0.29) is 18.6 Å². The van der Waals surface area contributed by atoms with Crippen LogP contribution >= 0.6 is 0 Å². The Balaban J connectivity index is 1.73. The Hall–Kier alpha value is -2.82. The van der Waals surface area contributed by atoms with Crippen molar-refractivity contribution in [3.05, 3.63) is 59.4 Å². The third-order valence-corrected chi connectivity index (χ3v) is 5.34. The van der Waals surface area contributed by atoms with Crippen LogP contribution in [0.2, 0.25) is 0 Å². The molecule has 154 valence electrons. The van der Waals surface area contributed by atoms with Gasteiger partial charge in [0.25, 0.3) is 5.91 Å². The summed E-state index contributed by atoms with van der Waals surface area (Å²) in [6.07, 6.45) is 1.09. The molecule has 0 saturated carbocycles. The Bertz CT molecular complexity index is 993. The van der Waals surface area contributed by atoms with Crippen molar-refractivity contribution in [2.45, 2.75) is 53.6 Å². The molecule has 5 nitrogen and oxygen atoms in total. The number of nitrogens with one attached hydrogen (secondary N) is 1. The first kappa shape index (κ1) is 20.9. The Kier molecular flexibility index (Phi) is 6.57. The molecule has 2 aromatic carbocycles. The van der Waals surface area contributed by atoms with Gasteiger partial charge in [-0.05, 0) is 56.0 Å². The van der Waals surface area contributed by atoms with E-state index < -0.39 is 0 Å². The van der Waals surface area contributed by atoms with Gasteiger partial charge in [0.2, 0.25) is 0 Å². The van der Waals surface area contributed by atoms with Gasteiger partial charge in [0.05, 0.1) is 17.1 Å². The number of ether oxygens (including phenoxy) is 1. The molecule has 2 unspecified atom stereocenters. The molecule has 0 saturated heterocycles. The third kappa shape index (κ3) is 4.97. The molecule has 0 bridgehead atoms. The monoisotopic (exact) mass is 393 g/mol. The van der Waals surface area contributed by atoms with Crippen molar-refractivity contribution in [1.82, 2.24) is 14.9 Å². The van der Waals surface area contributed by atoms with E-state index in [1.54, 1.807) is 0 Å². The maximum absolute atomic E-state index is 12.5. The lowest BCUT2D eigenvalue weighted by Crippen LogP contribution is -2.33. The summed E-state index contributed by atoms with van der Waals surface area (Å²) < 4.78 is 7.98. The van der Waals surface area contributed by atoms with Crippen LogP contribution in [0.3, 0.4) is 0 Å². The van der Waals surface area contributed by atoms with Gasteiger partial charge in [-0.1, -0.05) is 44.5 Å². The first-order valence-corrected chi connectivity index (χ1v) is 10.3. The van der Waals surface area contributed by atoms with Gasteiger partial charge in [0.1, 0.15) is 11.6 Å². The van der Waals surface area contributed by atoms with Crippen molar-refractivity contribution in [2.24, 2.45) is 5.92 Å². The number of fused-ring (bicyclic) bond motifs is 1. The topological polar surface area (TPSA) is 56.2 Å². The molecule has 0 aliphatic carbocycles. The van der Waals surface area contributed by atoms with E-state index in [0.29, 0.717) is 5.92 Å². The smallest absolute Gasteiger partial charge is 0.258 e. The van der Waals surface area contributed by atoms with Crippen LogP contribution in [0.25, 0.3) is 11.0 Å². The number of carbonyl (C=O) groups excluding carboxylic acids is 1. The minimum Gasteiger partial charge on any atom is -0.483 e. The second-order valence-corrected chi connectivity index (χ2v) is 7.93. The van der Waals surface area contributed by atoms with E-state index in [0.717, 1.165) is 46.7 Å². The molecule has 5 heteroatoms. The Morgan fingerprint density at radius 1 is 1.17 bits per heavy atom. The van der Waals surface area contributed by atoms with Crippen molar-refractivity contribution in [3.8, 4) is 5.75 Å². The Morgan fingerprint density at radius 3 is 2.69 bits per heavy atom. The lowest BCUT2D eigenvalue weighted by Gasteiger charge is -2.19. The minimum atomic E-state index is -0.207. The first-order valence-electron chi connectivity index (χ1n) is 10.3. The minimum absolute atomic E-state index is 0.0137. The van der Waals surface area contributed by atoms with Gasteiger partial charge in [0.15, 0.2) is 6.61 Å². The fourth-order valence-electron chi connectivity index (χ4n) is 3.41. The van der Waals surface area contributed by atoms with E-state index in [4.69, 9.17) is 9.72 Å². The van der Waals surface area contributed by atoms with Gasteiger partial charge >= 0.3 is 0 Å². The average Bonchev–Trinajstić information content (AvgIpc) is 3.07. The fourth-order valence-corrected chi connectivity index (χ4v) is 3.41. The van der Waals surface area contributed by atoms with Crippen LogP contribution < -0.4 is 10.1 Å². The summed E-state index contributed by atoms with van der Waals surface area (Å²) in [4.78, 5) is 17.3. The zero-order chi connectivity index (χ0) is 21.0. The summed E-state index contributed by atoms with van der Waals surface area (Å²) in [7, 11) is 0. The molecule has 3 rings (SSSR count). The van der Waals surface area contributed by atoms with Gasteiger partial charge < -0.3 is 14.6 Å². The van der Waals surface area contributed by atoms with Gasteiger partial charge in [-0.2, -0.15) is 0 Å². The van der Waals surface area contributed by atoms with Crippen molar-refractivity contribution in [3.63, 3.8) is 0 Å². The van der Waals surface area contributed by atoms with Crippen LogP contribution in [0, 0.1) is 19.8 Å². The van der Waals surface area contributed by atoms with Crippen LogP contribution in [-0.2, 0) is 11.3 Å². The van der Waals surface area contributed by atoms with Gasteiger partial charge in [-0.25, -0.2) is 4.98 Å². The van der Waals surface area contributed by atoms with Crippen LogP contribution in [0.5, 0.6) is 5.75 Å². The Labute approximate surface area is 173 Å². The molecule has 0 radical (unpaired) electrons. The normalized spacial score (nSPS) is 13.3. The average molecular weight is 394 g/mol. The molecular formula is C24H31N3O2. The predicted octanol–water partition coefficient (Wildman–Crippen LogP) is 4.96. The molecule has 0 aliphatic rings. The molecule has 29 heavy (non-hydrogen) atoms. The number of aryl methyl sites for hydroxylation is 2. The highest BCUT2D eigenvalue weighted by Crippen LogP contribution is 2.23. The molecule has 0 spiro atoms. The number of rotatable bonds is 8. The number of hydrogen-bond acceptors (Lipinski definition) is 3. The number of amides is 1. The highest BCUT2D eigenvalue weighted by Gasteiger charge is 2.19. The number of nitrogens with zero attached hydrogens (tertiary/aromatic N) is 2. The first-order chi connectivity index (χ1) is 13.9. The highest BCUT2D eigenvalue weighted by atomic mass is 16.5. The summed E-state index contributed by atoms with van der Waals surface area (Å²) in [5.74, 6) is 2.01. The number of hydrogen-bond donors (Lipinski definition) is 1. The van der Waals surface area contributed by atoms with Crippen LogP contribution in [-0.4, -0.2) is 22.1 Å². The second kappa shape index (κ2) is 9.12. The van der Waals surface area contributed by atoms with Crippen molar-refractivity contribution >= 4 is 16.9 Å². The molecule has 3 aromatic rings.